The minimum Gasteiger partial charge on any atom is -0.313 e. The summed E-state index contributed by atoms with van der Waals surface area (Å²) in [5.74, 6) is -0.708. The van der Waals surface area contributed by atoms with Crippen LogP contribution in [0, 0.1) is 11.6 Å². The summed E-state index contributed by atoms with van der Waals surface area (Å²) in [5, 5.41) is 3.47. The summed E-state index contributed by atoms with van der Waals surface area (Å²) in [4.78, 5) is 0. The molecule has 4 heteroatoms. The second-order valence-corrected chi connectivity index (χ2v) is 4.68. The lowest BCUT2D eigenvalue weighted by molar-refractivity contribution is 0.622. The molecular weight excluding hydrogens is 268 g/mol. The Morgan fingerprint density at radius 1 is 1.05 bits per heavy atom. The fraction of sp³-hybridized carbons (Fsp3) is 0.200. The topological polar surface area (TPSA) is 12.0 Å². The SMILES string of the molecule is CCNCc1cc(F)ccc1-c1cc(F)cc(Cl)c1. The minimum absolute atomic E-state index is 0.306. The van der Waals surface area contributed by atoms with Crippen LogP contribution in [-0.2, 0) is 6.54 Å². The molecule has 0 saturated carbocycles. The number of hydrogen-bond acceptors (Lipinski definition) is 1. The van der Waals surface area contributed by atoms with Gasteiger partial charge in [-0.15, -0.1) is 0 Å². The molecule has 0 fully saturated rings. The molecule has 0 unspecified atom stereocenters. The molecule has 1 N–H and O–H groups in total. The van der Waals surface area contributed by atoms with Crippen molar-refractivity contribution in [2.45, 2.75) is 13.5 Å². The van der Waals surface area contributed by atoms with E-state index in [2.05, 4.69) is 5.32 Å². The summed E-state index contributed by atoms with van der Waals surface area (Å²) in [6.07, 6.45) is 0. The third-order valence-electron chi connectivity index (χ3n) is 2.81. The van der Waals surface area contributed by atoms with Gasteiger partial charge >= 0.3 is 0 Å². The van der Waals surface area contributed by atoms with Crippen molar-refractivity contribution >= 4 is 11.6 Å². The number of hydrogen-bond donors (Lipinski definition) is 1. The quantitative estimate of drug-likeness (QED) is 0.876. The van der Waals surface area contributed by atoms with Crippen molar-refractivity contribution in [3.05, 3.63) is 58.6 Å². The molecule has 0 radical (unpaired) electrons. The molecule has 2 rings (SSSR count). The highest BCUT2D eigenvalue weighted by Crippen LogP contribution is 2.28. The lowest BCUT2D eigenvalue weighted by Crippen LogP contribution is -2.12. The van der Waals surface area contributed by atoms with Gasteiger partial charge in [-0.3, -0.25) is 0 Å². The molecule has 0 saturated heterocycles. The molecule has 19 heavy (non-hydrogen) atoms. The summed E-state index contributed by atoms with van der Waals surface area (Å²) < 4.78 is 26.7. The van der Waals surface area contributed by atoms with Crippen molar-refractivity contribution in [3.8, 4) is 11.1 Å². The molecule has 0 amide bonds. The highest BCUT2D eigenvalue weighted by molar-refractivity contribution is 6.30. The summed E-state index contributed by atoms with van der Waals surface area (Å²) in [6, 6.07) is 8.79. The fourth-order valence-electron chi connectivity index (χ4n) is 1.96. The smallest absolute Gasteiger partial charge is 0.125 e. The monoisotopic (exact) mass is 281 g/mol. The molecule has 0 spiro atoms. The Morgan fingerprint density at radius 2 is 1.84 bits per heavy atom. The van der Waals surface area contributed by atoms with Crippen LogP contribution in [0.1, 0.15) is 12.5 Å². The van der Waals surface area contributed by atoms with Crippen LogP contribution in [0.4, 0.5) is 8.78 Å². The van der Waals surface area contributed by atoms with Crippen LogP contribution in [0.5, 0.6) is 0 Å². The number of rotatable bonds is 4. The van der Waals surface area contributed by atoms with E-state index in [1.807, 2.05) is 6.92 Å². The van der Waals surface area contributed by atoms with Crippen LogP contribution >= 0.6 is 11.6 Å². The summed E-state index contributed by atoms with van der Waals surface area (Å²) >= 11 is 5.86. The first kappa shape index (κ1) is 14.0. The van der Waals surface area contributed by atoms with Gasteiger partial charge in [0, 0.05) is 11.6 Å². The third-order valence-corrected chi connectivity index (χ3v) is 3.02. The molecule has 0 aliphatic rings. The first-order chi connectivity index (χ1) is 9.10. The Labute approximate surface area is 116 Å². The minimum atomic E-state index is -0.402. The summed E-state index contributed by atoms with van der Waals surface area (Å²) in [7, 11) is 0. The molecule has 0 aliphatic heterocycles. The van der Waals surface area contributed by atoms with Crippen molar-refractivity contribution in [1.29, 1.82) is 0 Å². The first-order valence-electron chi connectivity index (χ1n) is 6.05. The van der Waals surface area contributed by atoms with Gasteiger partial charge in [0.05, 0.1) is 0 Å². The van der Waals surface area contributed by atoms with E-state index in [0.717, 1.165) is 17.7 Å². The Hall–Kier alpha value is -1.45. The molecule has 0 atom stereocenters. The van der Waals surface area contributed by atoms with Gasteiger partial charge in [-0.05, 0) is 53.6 Å². The zero-order chi connectivity index (χ0) is 13.8. The van der Waals surface area contributed by atoms with Gasteiger partial charge < -0.3 is 5.32 Å². The van der Waals surface area contributed by atoms with Gasteiger partial charge in [-0.25, -0.2) is 8.78 Å². The van der Waals surface area contributed by atoms with Crippen molar-refractivity contribution in [2.75, 3.05) is 6.54 Å². The van der Waals surface area contributed by atoms with Crippen LogP contribution in [0.25, 0.3) is 11.1 Å². The van der Waals surface area contributed by atoms with E-state index in [1.165, 1.54) is 24.3 Å². The predicted octanol–water partition coefficient (Wildman–Crippen LogP) is 4.39. The van der Waals surface area contributed by atoms with E-state index in [4.69, 9.17) is 11.6 Å². The molecule has 0 heterocycles. The maximum Gasteiger partial charge on any atom is 0.125 e. The van der Waals surface area contributed by atoms with Gasteiger partial charge in [-0.2, -0.15) is 0 Å². The highest BCUT2D eigenvalue weighted by atomic mass is 35.5. The van der Waals surface area contributed by atoms with Crippen molar-refractivity contribution in [1.82, 2.24) is 5.32 Å². The van der Waals surface area contributed by atoms with Crippen LogP contribution in [0.15, 0.2) is 36.4 Å². The van der Waals surface area contributed by atoms with Gasteiger partial charge in [0.2, 0.25) is 0 Å². The zero-order valence-electron chi connectivity index (χ0n) is 10.5. The van der Waals surface area contributed by atoms with Crippen LogP contribution < -0.4 is 5.32 Å². The predicted molar refractivity (Wildman–Crippen MR) is 74.2 cm³/mol. The Balaban J connectivity index is 2.47. The van der Waals surface area contributed by atoms with E-state index in [-0.39, 0.29) is 5.82 Å². The molecule has 2 aromatic rings. The maximum atomic E-state index is 13.4. The van der Waals surface area contributed by atoms with E-state index < -0.39 is 5.82 Å². The lowest BCUT2D eigenvalue weighted by Gasteiger charge is -2.11. The van der Waals surface area contributed by atoms with Crippen LogP contribution in [0.2, 0.25) is 5.02 Å². The first-order valence-corrected chi connectivity index (χ1v) is 6.43. The molecule has 2 aromatic carbocycles. The lowest BCUT2D eigenvalue weighted by atomic mass is 9.99. The average molecular weight is 282 g/mol. The molecule has 0 bridgehead atoms. The maximum absolute atomic E-state index is 13.4. The largest absolute Gasteiger partial charge is 0.313 e. The van der Waals surface area contributed by atoms with E-state index in [0.29, 0.717) is 17.1 Å². The molecule has 0 aromatic heterocycles. The van der Waals surface area contributed by atoms with Crippen LogP contribution in [0.3, 0.4) is 0 Å². The Kier molecular flexibility index (Phi) is 4.51. The average Bonchev–Trinajstić information content (AvgIpc) is 2.35. The van der Waals surface area contributed by atoms with E-state index >= 15 is 0 Å². The zero-order valence-corrected chi connectivity index (χ0v) is 11.3. The number of nitrogens with one attached hydrogen (secondary N) is 1. The molecule has 1 nitrogen and oxygen atoms in total. The molecule has 0 aliphatic carbocycles. The second-order valence-electron chi connectivity index (χ2n) is 4.24. The van der Waals surface area contributed by atoms with Crippen molar-refractivity contribution in [3.63, 3.8) is 0 Å². The summed E-state index contributed by atoms with van der Waals surface area (Å²) in [6.45, 7) is 3.27. The molecular formula is C15H14ClF2N. The van der Waals surface area contributed by atoms with Gasteiger partial charge in [0.25, 0.3) is 0 Å². The van der Waals surface area contributed by atoms with E-state index in [1.54, 1.807) is 12.1 Å². The second kappa shape index (κ2) is 6.13. The van der Waals surface area contributed by atoms with Crippen molar-refractivity contribution in [2.24, 2.45) is 0 Å². The third kappa shape index (κ3) is 3.52. The summed E-state index contributed by atoms with van der Waals surface area (Å²) in [5.41, 5.74) is 2.21. The Bertz CT molecular complexity index is 564. The van der Waals surface area contributed by atoms with E-state index in [9.17, 15) is 8.78 Å². The van der Waals surface area contributed by atoms with Crippen molar-refractivity contribution < 1.29 is 8.78 Å². The number of benzene rings is 2. The van der Waals surface area contributed by atoms with Gasteiger partial charge in [0.15, 0.2) is 0 Å². The van der Waals surface area contributed by atoms with Crippen LogP contribution in [-0.4, -0.2) is 6.54 Å². The fourth-order valence-corrected chi connectivity index (χ4v) is 2.18. The van der Waals surface area contributed by atoms with Gasteiger partial charge in [-0.1, -0.05) is 24.6 Å². The molecule has 100 valence electrons. The highest BCUT2D eigenvalue weighted by Gasteiger charge is 2.08. The Morgan fingerprint density at radius 3 is 2.53 bits per heavy atom. The van der Waals surface area contributed by atoms with Gasteiger partial charge in [0.1, 0.15) is 11.6 Å². The normalized spacial score (nSPS) is 10.7. The number of halogens is 3. The standard InChI is InChI=1S/C15H14ClF2N/c1-2-19-9-11-7-13(17)3-4-15(11)10-5-12(16)8-14(18)6-10/h3-8,19H,2,9H2,1H3.